The molecule has 0 aliphatic heterocycles. The zero-order valence-corrected chi connectivity index (χ0v) is 11.7. The smallest absolute Gasteiger partial charge is 0.138 e. The number of ether oxygens (including phenoxy) is 1. The minimum Gasteiger partial charge on any atom is -0.486 e. The molecule has 0 fully saturated rings. The minimum absolute atomic E-state index is 0.419. The van der Waals surface area contributed by atoms with Gasteiger partial charge >= 0.3 is 0 Å². The van der Waals surface area contributed by atoms with E-state index in [-0.39, 0.29) is 0 Å². The van der Waals surface area contributed by atoms with Crippen molar-refractivity contribution in [2.45, 2.75) is 20.0 Å². The molecule has 0 saturated heterocycles. The predicted molar refractivity (Wildman–Crippen MR) is 77.5 cm³/mol. The first-order chi connectivity index (χ1) is 9.20. The predicted octanol–water partition coefficient (Wildman–Crippen LogP) is 3.12. The molecule has 0 aliphatic carbocycles. The highest BCUT2D eigenvalue weighted by atomic mass is 35.5. The quantitative estimate of drug-likeness (QED) is 0.913. The Morgan fingerprint density at radius 1 is 1.32 bits per heavy atom. The van der Waals surface area contributed by atoms with Gasteiger partial charge in [-0.1, -0.05) is 23.7 Å². The van der Waals surface area contributed by atoms with Crippen molar-refractivity contribution >= 4 is 11.6 Å². The molecule has 1 aromatic heterocycles. The fourth-order valence-electron chi connectivity index (χ4n) is 1.80. The number of nitrogens with zero attached hydrogens (tertiary/aromatic N) is 1. The number of benzene rings is 1. The van der Waals surface area contributed by atoms with Crippen molar-refractivity contribution in [3.05, 3.63) is 58.4 Å². The van der Waals surface area contributed by atoms with E-state index in [0.29, 0.717) is 23.9 Å². The molecule has 19 heavy (non-hydrogen) atoms. The van der Waals surface area contributed by atoms with Gasteiger partial charge in [0.2, 0.25) is 0 Å². The summed E-state index contributed by atoms with van der Waals surface area (Å²) < 4.78 is 5.71. The lowest BCUT2D eigenvalue weighted by Crippen LogP contribution is -2.03. The number of halogens is 1. The molecule has 1 aromatic carbocycles. The summed E-state index contributed by atoms with van der Waals surface area (Å²) in [5.74, 6) is 0.674. The maximum Gasteiger partial charge on any atom is 0.138 e. The zero-order chi connectivity index (χ0) is 13.7. The largest absolute Gasteiger partial charge is 0.486 e. The van der Waals surface area contributed by atoms with Gasteiger partial charge in [-0.2, -0.15) is 0 Å². The Hall–Kier alpha value is -1.58. The Bertz CT molecular complexity index is 558. The van der Waals surface area contributed by atoms with Crippen LogP contribution in [0.15, 0.2) is 36.5 Å². The van der Waals surface area contributed by atoms with Crippen molar-refractivity contribution in [3.63, 3.8) is 0 Å². The van der Waals surface area contributed by atoms with Gasteiger partial charge in [-0.15, -0.1) is 0 Å². The second-order valence-electron chi connectivity index (χ2n) is 4.36. The van der Waals surface area contributed by atoms with E-state index in [1.165, 1.54) is 0 Å². The molecule has 2 rings (SSSR count). The second kappa shape index (κ2) is 6.55. The average molecular weight is 277 g/mol. The molecule has 2 N–H and O–H groups in total. The van der Waals surface area contributed by atoms with E-state index in [0.717, 1.165) is 23.2 Å². The summed E-state index contributed by atoms with van der Waals surface area (Å²) >= 11 is 6.18. The summed E-state index contributed by atoms with van der Waals surface area (Å²) in [6.45, 7) is 3.05. The standard InChI is InChI=1S/C15H17ClN2O/c1-11-3-2-8-18-14(11)10-19-15-5-4-12(6-7-17)9-13(15)16/h2-5,8-9H,6-7,10,17H2,1H3. The number of rotatable bonds is 5. The Labute approximate surface area is 118 Å². The number of nitrogens with two attached hydrogens (primary N) is 1. The highest BCUT2D eigenvalue weighted by Crippen LogP contribution is 2.26. The van der Waals surface area contributed by atoms with Crippen molar-refractivity contribution in [1.82, 2.24) is 4.98 Å². The van der Waals surface area contributed by atoms with Gasteiger partial charge in [0.25, 0.3) is 0 Å². The molecular formula is C15H17ClN2O. The summed E-state index contributed by atoms with van der Waals surface area (Å²) in [5, 5.41) is 0.611. The van der Waals surface area contributed by atoms with Crippen LogP contribution >= 0.6 is 11.6 Å². The van der Waals surface area contributed by atoms with Crippen molar-refractivity contribution in [2.75, 3.05) is 6.54 Å². The topological polar surface area (TPSA) is 48.1 Å². The fourth-order valence-corrected chi connectivity index (χ4v) is 2.06. The Balaban J connectivity index is 2.06. The molecule has 0 aliphatic rings. The van der Waals surface area contributed by atoms with Gasteiger partial charge in [-0.3, -0.25) is 4.98 Å². The van der Waals surface area contributed by atoms with Crippen LogP contribution in [-0.4, -0.2) is 11.5 Å². The molecule has 1 heterocycles. The normalized spacial score (nSPS) is 10.5. The fraction of sp³-hybridized carbons (Fsp3) is 0.267. The lowest BCUT2D eigenvalue weighted by Gasteiger charge is -2.10. The molecule has 0 saturated carbocycles. The molecule has 2 aromatic rings. The zero-order valence-electron chi connectivity index (χ0n) is 10.9. The van der Waals surface area contributed by atoms with Gasteiger partial charge in [0.15, 0.2) is 0 Å². The van der Waals surface area contributed by atoms with E-state index in [1.54, 1.807) is 6.20 Å². The number of hydrogen-bond acceptors (Lipinski definition) is 3. The maximum atomic E-state index is 6.18. The van der Waals surface area contributed by atoms with Crippen LogP contribution < -0.4 is 10.5 Å². The molecule has 0 atom stereocenters. The lowest BCUT2D eigenvalue weighted by atomic mass is 10.1. The molecule has 0 radical (unpaired) electrons. The van der Waals surface area contributed by atoms with Crippen LogP contribution in [0.25, 0.3) is 0 Å². The van der Waals surface area contributed by atoms with Crippen LogP contribution in [0.3, 0.4) is 0 Å². The van der Waals surface area contributed by atoms with Crippen LogP contribution in [-0.2, 0) is 13.0 Å². The van der Waals surface area contributed by atoms with Crippen LogP contribution in [0.4, 0.5) is 0 Å². The lowest BCUT2D eigenvalue weighted by molar-refractivity contribution is 0.300. The third-order valence-corrected chi connectivity index (χ3v) is 3.21. The van der Waals surface area contributed by atoms with Crippen LogP contribution in [0.2, 0.25) is 5.02 Å². The minimum atomic E-state index is 0.419. The summed E-state index contributed by atoms with van der Waals surface area (Å²) in [5.41, 5.74) is 8.67. The summed E-state index contributed by atoms with van der Waals surface area (Å²) in [6.07, 6.45) is 2.58. The van der Waals surface area contributed by atoms with Gasteiger partial charge in [0.05, 0.1) is 10.7 Å². The number of pyridine rings is 1. The van der Waals surface area contributed by atoms with Crippen LogP contribution in [0, 0.1) is 6.92 Å². The van der Waals surface area contributed by atoms with Crippen LogP contribution in [0.5, 0.6) is 5.75 Å². The SMILES string of the molecule is Cc1cccnc1COc1ccc(CCN)cc1Cl. The molecule has 4 heteroatoms. The third kappa shape index (κ3) is 3.69. The highest BCUT2D eigenvalue weighted by Gasteiger charge is 2.05. The Morgan fingerprint density at radius 3 is 2.84 bits per heavy atom. The van der Waals surface area contributed by atoms with E-state index >= 15 is 0 Å². The molecule has 0 amide bonds. The number of aromatic nitrogens is 1. The van der Waals surface area contributed by atoms with Gasteiger partial charge in [-0.25, -0.2) is 0 Å². The van der Waals surface area contributed by atoms with Crippen molar-refractivity contribution in [2.24, 2.45) is 5.73 Å². The van der Waals surface area contributed by atoms with E-state index in [2.05, 4.69) is 4.98 Å². The van der Waals surface area contributed by atoms with Crippen LogP contribution in [0.1, 0.15) is 16.8 Å². The molecular weight excluding hydrogens is 260 g/mol. The van der Waals surface area contributed by atoms with Gasteiger partial charge in [0.1, 0.15) is 12.4 Å². The summed E-state index contributed by atoms with van der Waals surface area (Å²) in [4.78, 5) is 4.29. The number of aryl methyl sites for hydroxylation is 1. The Kier molecular flexibility index (Phi) is 4.77. The average Bonchev–Trinajstić information content (AvgIpc) is 2.40. The maximum absolute atomic E-state index is 6.18. The third-order valence-electron chi connectivity index (χ3n) is 2.91. The van der Waals surface area contributed by atoms with Gasteiger partial charge < -0.3 is 10.5 Å². The summed E-state index contributed by atoms with van der Waals surface area (Å²) in [6, 6.07) is 9.69. The first kappa shape index (κ1) is 13.8. The summed E-state index contributed by atoms with van der Waals surface area (Å²) in [7, 11) is 0. The van der Waals surface area contributed by atoms with E-state index in [9.17, 15) is 0 Å². The molecule has 100 valence electrons. The molecule has 0 unspecified atom stereocenters. The van der Waals surface area contributed by atoms with Crippen molar-refractivity contribution < 1.29 is 4.74 Å². The van der Waals surface area contributed by atoms with Gasteiger partial charge in [-0.05, 0) is 49.2 Å². The van der Waals surface area contributed by atoms with E-state index < -0.39 is 0 Å². The molecule has 3 nitrogen and oxygen atoms in total. The molecule has 0 spiro atoms. The van der Waals surface area contributed by atoms with E-state index in [4.69, 9.17) is 22.1 Å². The number of hydrogen-bond donors (Lipinski definition) is 1. The molecule has 0 bridgehead atoms. The van der Waals surface area contributed by atoms with Crippen molar-refractivity contribution in [3.8, 4) is 5.75 Å². The second-order valence-corrected chi connectivity index (χ2v) is 4.77. The van der Waals surface area contributed by atoms with Crippen molar-refractivity contribution in [1.29, 1.82) is 0 Å². The monoisotopic (exact) mass is 276 g/mol. The highest BCUT2D eigenvalue weighted by molar-refractivity contribution is 6.32. The van der Waals surface area contributed by atoms with Gasteiger partial charge in [0, 0.05) is 6.20 Å². The first-order valence-corrected chi connectivity index (χ1v) is 6.60. The Morgan fingerprint density at radius 2 is 2.16 bits per heavy atom. The van der Waals surface area contributed by atoms with E-state index in [1.807, 2.05) is 37.3 Å². The first-order valence-electron chi connectivity index (χ1n) is 6.22.